The molecule has 1 spiro atoms. The van der Waals surface area contributed by atoms with E-state index in [4.69, 9.17) is 14.2 Å². The van der Waals surface area contributed by atoms with Gasteiger partial charge in [-0.15, -0.1) is 0 Å². The number of hydrogen-bond donors (Lipinski definition) is 0. The molecule has 0 aromatic rings. The molecule has 0 radical (unpaired) electrons. The average molecular weight is 485 g/mol. The van der Waals surface area contributed by atoms with Crippen LogP contribution in [0.5, 0.6) is 0 Å². The zero-order chi connectivity index (χ0) is 25.2. The molecule has 0 N–H and O–H groups in total. The summed E-state index contributed by atoms with van der Waals surface area (Å²) >= 11 is 0. The zero-order valence-electron chi connectivity index (χ0n) is 22.8. The summed E-state index contributed by atoms with van der Waals surface area (Å²) in [6.07, 6.45) is 7.13. The SMILES string of the molecule is CC(C)CC(=O)C[C@H](C)[C@@H]1CC[C@]2(C)[C@@]34O[C@@H]3CC3=C(C[C@@H]5OC[C@@]3(C)C(=O)O5)[C@]4(C)CC[C@@]12C. The number of carbonyl (C=O) groups excluding carboxylic acids is 2. The van der Waals surface area contributed by atoms with Gasteiger partial charge >= 0.3 is 5.97 Å². The number of carbonyl (C=O) groups is 2. The highest BCUT2D eigenvalue weighted by atomic mass is 16.7. The lowest BCUT2D eigenvalue weighted by atomic mass is 9.40. The van der Waals surface area contributed by atoms with Gasteiger partial charge in [-0.05, 0) is 67.8 Å². The van der Waals surface area contributed by atoms with Crippen molar-refractivity contribution in [2.75, 3.05) is 6.61 Å². The second-order valence-electron chi connectivity index (χ2n) is 14.2. The van der Waals surface area contributed by atoms with Crippen LogP contribution in [0.1, 0.15) is 99.8 Å². The Morgan fingerprint density at radius 1 is 1.00 bits per heavy atom. The van der Waals surface area contributed by atoms with Crippen LogP contribution in [-0.2, 0) is 23.8 Å². The van der Waals surface area contributed by atoms with Gasteiger partial charge in [-0.1, -0.05) is 47.1 Å². The predicted octanol–water partition coefficient (Wildman–Crippen LogP) is 6.00. The van der Waals surface area contributed by atoms with Gasteiger partial charge in [0.25, 0.3) is 0 Å². The van der Waals surface area contributed by atoms with Gasteiger partial charge in [0, 0.05) is 30.1 Å². The van der Waals surface area contributed by atoms with Gasteiger partial charge in [0.05, 0.1) is 12.7 Å². The molecule has 35 heavy (non-hydrogen) atoms. The van der Waals surface area contributed by atoms with Crippen molar-refractivity contribution in [3.63, 3.8) is 0 Å². The maximum atomic E-state index is 13.0. The second-order valence-corrected chi connectivity index (χ2v) is 14.2. The van der Waals surface area contributed by atoms with Gasteiger partial charge < -0.3 is 14.2 Å². The monoisotopic (exact) mass is 484 g/mol. The van der Waals surface area contributed by atoms with E-state index < -0.39 is 11.7 Å². The molecule has 2 saturated heterocycles. The van der Waals surface area contributed by atoms with Crippen LogP contribution in [0.2, 0.25) is 0 Å². The number of epoxide rings is 1. The lowest BCUT2D eigenvalue weighted by molar-refractivity contribution is -0.215. The van der Waals surface area contributed by atoms with E-state index in [1.165, 1.54) is 17.6 Å². The molecule has 4 heterocycles. The molecule has 0 aromatic carbocycles. The maximum Gasteiger partial charge on any atom is 0.320 e. The molecule has 7 rings (SSSR count). The van der Waals surface area contributed by atoms with Crippen molar-refractivity contribution in [2.45, 2.75) is 118 Å². The van der Waals surface area contributed by atoms with Crippen LogP contribution in [-0.4, -0.2) is 36.4 Å². The molecule has 0 amide bonds. The molecule has 2 bridgehead atoms. The summed E-state index contributed by atoms with van der Waals surface area (Å²) in [6, 6.07) is 0. The fourth-order valence-corrected chi connectivity index (χ4v) is 10.1. The number of ketones is 1. The minimum absolute atomic E-state index is 0.0498. The molecular formula is C30H44O5. The third-order valence-electron chi connectivity index (χ3n) is 12.1. The second kappa shape index (κ2) is 7.22. The summed E-state index contributed by atoms with van der Waals surface area (Å²) in [5.41, 5.74) is 1.86. The Bertz CT molecular complexity index is 1010. The summed E-state index contributed by atoms with van der Waals surface area (Å²) in [4.78, 5) is 25.7. The van der Waals surface area contributed by atoms with Gasteiger partial charge in [-0.25, -0.2) is 0 Å². The minimum atomic E-state index is -0.686. The molecule has 3 aliphatic carbocycles. The van der Waals surface area contributed by atoms with E-state index in [2.05, 4.69) is 41.5 Å². The molecule has 2 saturated carbocycles. The van der Waals surface area contributed by atoms with E-state index in [9.17, 15) is 9.59 Å². The molecule has 0 aromatic heterocycles. The highest BCUT2D eigenvalue weighted by molar-refractivity contribution is 5.82. The normalized spacial score (nSPS) is 50.6. The minimum Gasteiger partial charge on any atom is -0.435 e. The van der Waals surface area contributed by atoms with Crippen molar-refractivity contribution < 1.29 is 23.8 Å². The average Bonchev–Trinajstić information content (AvgIpc) is 3.48. The first-order chi connectivity index (χ1) is 16.3. The van der Waals surface area contributed by atoms with Gasteiger partial charge in [-0.2, -0.15) is 0 Å². The Morgan fingerprint density at radius 3 is 2.43 bits per heavy atom. The van der Waals surface area contributed by atoms with Gasteiger partial charge in [0.1, 0.15) is 16.8 Å². The lowest BCUT2D eigenvalue weighted by Crippen LogP contribution is -2.62. The first kappa shape index (κ1) is 24.2. The van der Waals surface area contributed by atoms with Gasteiger partial charge in [0.15, 0.2) is 0 Å². The van der Waals surface area contributed by atoms with E-state index in [0.717, 1.165) is 25.7 Å². The molecule has 0 unspecified atom stereocenters. The molecule has 194 valence electrons. The number of fused-ring (bicyclic) bond motifs is 3. The molecule has 5 nitrogen and oxygen atoms in total. The fraction of sp³-hybridized carbons (Fsp3) is 0.867. The maximum absolute atomic E-state index is 13.0. The predicted molar refractivity (Wildman–Crippen MR) is 132 cm³/mol. The number of hydrogen-bond acceptors (Lipinski definition) is 5. The Kier molecular flexibility index (Phi) is 4.98. The van der Waals surface area contributed by atoms with Crippen LogP contribution in [0.15, 0.2) is 11.1 Å². The fourth-order valence-electron chi connectivity index (χ4n) is 10.1. The zero-order valence-corrected chi connectivity index (χ0v) is 22.8. The van der Waals surface area contributed by atoms with E-state index in [1.807, 2.05) is 6.92 Å². The standard InChI is InChI=1S/C30H44O5/c1-17(2)12-19(31)13-18(3)20-8-9-29(7)27(20,5)10-11-28(6)22-15-24-33-16-26(4,25(32)34-24)21(22)14-23-30(28,29)35-23/h17-18,20,23-24H,8-16H2,1-7H3/t18-,20-,23+,24+,26+,27-,28-,29-,30+/m0/s1. The summed E-state index contributed by atoms with van der Waals surface area (Å²) < 4.78 is 18.7. The van der Waals surface area contributed by atoms with Crippen molar-refractivity contribution in [2.24, 2.45) is 39.4 Å². The van der Waals surface area contributed by atoms with E-state index >= 15 is 0 Å². The molecule has 7 aliphatic rings. The third-order valence-corrected chi connectivity index (χ3v) is 12.1. The van der Waals surface area contributed by atoms with E-state index in [1.54, 1.807) is 0 Å². The van der Waals surface area contributed by atoms with Crippen molar-refractivity contribution in [1.29, 1.82) is 0 Å². The number of rotatable bonds is 5. The van der Waals surface area contributed by atoms with Crippen molar-refractivity contribution in [3.05, 3.63) is 11.1 Å². The van der Waals surface area contributed by atoms with Crippen LogP contribution >= 0.6 is 0 Å². The molecule has 4 fully saturated rings. The van der Waals surface area contributed by atoms with Crippen LogP contribution in [0.25, 0.3) is 0 Å². The van der Waals surface area contributed by atoms with Crippen LogP contribution in [0.3, 0.4) is 0 Å². The highest BCUT2D eigenvalue weighted by Crippen LogP contribution is 2.82. The highest BCUT2D eigenvalue weighted by Gasteiger charge is 2.84. The molecule has 5 heteroatoms. The smallest absolute Gasteiger partial charge is 0.320 e. The third kappa shape index (κ3) is 2.78. The van der Waals surface area contributed by atoms with Crippen molar-refractivity contribution in [1.82, 2.24) is 0 Å². The lowest BCUT2D eigenvalue weighted by Gasteiger charge is -2.62. The van der Waals surface area contributed by atoms with Crippen LogP contribution in [0.4, 0.5) is 0 Å². The molecular weight excluding hydrogens is 440 g/mol. The quantitative estimate of drug-likeness (QED) is 0.272. The topological polar surface area (TPSA) is 65.1 Å². The summed E-state index contributed by atoms with van der Waals surface area (Å²) in [7, 11) is 0. The Balaban J connectivity index is 1.36. The van der Waals surface area contributed by atoms with Gasteiger partial charge in [-0.3, -0.25) is 9.59 Å². The summed E-state index contributed by atoms with van der Waals surface area (Å²) in [5.74, 6) is 1.66. The number of Topliss-reactive ketones (excluding diaryl/α,β-unsaturated/α-hetero) is 1. The number of esters is 1. The largest absolute Gasteiger partial charge is 0.435 e. The first-order valence-corrected chi connectivity index (χ1v) is 14.1. The van der Waals surface area contributed by atoms with Gasteiger partial charge in [0.2, 0.25) is 6.29 Å². The Morgan fingerprint density at radius 2 is 1.74 bits per heavy atom. The molecule has 4 aliphatic heterocycles. The van der Waals surface area contributed by atoms with Crippen molar-refractivity contribution in [3.8, 4) is 0 Å². The van der Waals surface area contributed by atoms with Crippen LogP contribution in [0, 0.1) is 39.4 Å². The summed E-state index contributed by atoms with van der Waals surface area (Å²) in [5, 5.41) is 0. The Labute approximate surface area is 210 Å². The van der Waals surface area contributed by atoms with E-state index in [0.29, 0.717) is 49.4 Å². The van der Waals surface area contributed by atoms with Crippen molar-refractivity contribution >= 4 is 11.8 Å². The molecule has 9 atom stereocenters. The number of ether oxygens (including phenoxy) is 3. The van der Waals surface area contributed by atoms with Crippen LogP contribution < -0.4 is 0 Å². The first-order valence-electron chi connectivity index (χ1n) is 14.1. The Hall–Kier alpha value is -1.20. The summed E-state index contributed by atoms with van der Waals surface area (Å²) in [6.45, 7) is 16.5. The van der Waals surface area contributed by atoms with E-state index in [-0.39, 0.29) is 33.9 Å².